The summed E-state index contributed by atoms with van der Waals surface area (Å²) in [6.07, 6.45) is 0. The van der Waals surface area contributed by atoms with E-state index in [2.05, 4.69) is 108 Å². The summed E-state index contributed by atoms with van der Waals surface area (Å²) in [5.74, 6) is 2.23. The summed E-state index contributed by atoms with van der Waals surface area (Å²) in [5, 5.41) is 0. The molecule has 5 heteroatoms. The fourth-order valence-corrected chi connectivity index (χ4v) is 5.72. The van der Waals surface area contributed by atoms with Crippen molar-refractivity contribution in [2.45, 2.75) is 32.9 Å². The van der Waals surface area contributed by atoms with E-state index in [1.54, 1.807) is 7.11 Å². The highest BCUT2D eigenvalue weighted by molar-refractivity contribution is 5.57. The first-order valence-corrected chi connectivity index (χ1v) is 13.3. The van der Waals surface area contributed by atoms with Crippen LogP contribution in [0.2, 0.25) is 0 Å². The van der Waals surface area contributed by atoms with Crippen molar-refractivity contribution in [2.24, 2.45) is 5.92 Å². The van der Waals surface area contributed by atoms with Crippen molar-refractivity contribution < 1.29 is 4.74 Å². The second kappa shape index (κ2) is 11.3. The number of hydrogen-bond donors (Lipinski definition) is 1. The maximum absolute atomic E-state index is 5.32. The number of aromatic amines is 1. The summed E-state index contributed by atoms with van der Waals surface area (Å²) in [7, 11) is 1.69. The average Bonchev–Trinajstić information content (AvgIpc) is 3.31. The molecular weight excluding hydrogens is 456 g/mol. The number of aryl methyl sites for hydroxylation is 1. The largest absolute Gasteiger partial charge is 0.497 e. The predicted octanol–water partition coefficient (Wildman–Crippen LogP) is 6.50. The van der Waals surface area contributed by atoms with Gasteiger partial charge < -0.3 is 9.72 Å². The molecule has 4 aromatic rings. The summed E-state index contributed by atoms with van der Waals surface area (Å²) in [4.78, 5) is 14.0. The van der Waals surface area contributed by atoms with E-state index in [1.165, 1.54) is 11.1 Å². The van der Waals surface area contributed by atoms with Crippen LogP contribution in [-0.4, -0.2) is 53.1 Å². The summed E-state index contributed by atoms with van der Waals surface area (Å²) in [6.45, 7) is 10.9. The molecule has 0 aliphatic carbocycles. The van der Waals surface area contributed by atoms with Crippen LogP contribution in [-0.2, 0) is 0 Å². The molecule has 1 fully saturated rings. The van der Waals surface area contributed by atoms with Crippen LogP contribution in [0.25, 0.3) is 11.4 Å². The lowest BCUT2D eigenvalue weighted by Crippen LogP contribution is -2.50. The molecule has 37 heavy (non-hydrogen) atoms. The molecule has 1 unspecified atom stereocenters. The Morgan fingerprint density at radius 3 is 1.81 bits per heavy atom. The highest BCUT2D eigenvalue weighted by Gasteiger charge is 2.33. The van der Waals surface area contributed by atoms with Gasteiger partial charge in [-0.15, -0.1) is 0 Å². The molecule has 1 atom stereocenters. The maximum atomic E-state index is 5.32. The van der Waals surface area contributed by atoms with Gasteiger partial charge in [0, 0.05) is 37.4 Å². The second-order valence-corrected chi connectivity index (χ2v) is 10.3. The second-order valence-electron chi connectivity index (χ2n) is 10.3. The number of aromatic nitrogens is 2. The van der Waals surface area contributed by atoms with E-state index in [0.717, 1.165) is 54.7 Å². The van der Waals surface area contributed by atoms with E-state index >= 15 is 0 Å². The molecule has 1 aromatic heterocycles. The fraction of sp³-hybridized carbons (Fsp3) is 0.344. The number of piperazine rings is 1. The lowest BCUT2D eigenvalue weighted by atomic mass is 9.94. The number of ether oxygens (including phenoxy) is 1. The lowest BCUT2D eigenvalue weighted by Gasteiger charge is -2.43. The third-order valence-electron chi connectivity index (χ3n) is 7.54. The molecule has 0 saturated carbocycles. The Bertz CT molecular complexity index is 1220. The van der Waals surface area contributed by atoms with Gasteiger partial charge in [-0.2, -0.15) is 0 Å². The van der Waals surface area contributed by atoms with Gasteiger partial charge in [0.1, 0.15) is 11.6 Å². The first-order chi connectivity index (χ1) is 18.0. The molecule has 0 spiro atoms. The van der Waals surface area contributed by atoms with Crippen LogP contribution in [0.5, 0.6) is 5.75 Å². The Hall–Kier alpha value is -3.41. The summed E-state index contributed by atoms with van der Waals surface area (Å²) in [5.41, 5.74) is 6.11. The van der Waals surface area contributed by atoms with Crippen molar-refractivity contribution in [3.05, 3.63) is 107 Å². The topological polar surface area (TPSA) is 44.4 Å². The van der Waals surface area contributed by atoms with E-state index in [-0.39, 0.29) is 12.1 Å². The number of nitrogens with zero attached hydrogens (tertiary/aromatic N) is 3. The lowest BCUT2D eigenvalue weighted by molar-refractivity contribution is 0.0599. The first-order valence-electron chi connectivity index (χ1n) is 13.3. The first kappa shape index (κ1) is 25.2. The Kier molecular flexibility index (Phi) is 7.73. The van der Waals surface area contributed by atoms with Crippen LogP contribution in [0, 0.1) is 12.8 Å². The molecular formula is C32H38N4O. The minimum Gasteiger partial charge on any atom is -0.497 e. The smallest absolute Gasteiger partial charge is 0.137 e. The summed E-state index contributed by atoms with van der Waals surface area (Å²) >= 11 is 0. The molecule has 192 valence electrons. The molecule has 5 rings (SSSR count). The Balaban J connectivity index is 1.36. The summed E-state index contributed by atoms with van der Waals surface area (Å²) in [6, 6.07) is 30.5. The van der Waals surface area contributed by atoms with Gasteiger partial charge >= 0.3 is 0 Å². The Labute approximate surface area is 221 Å². The van der Waals surface area contributed by atoms with E-state index in [1.807, 2.05) is 12.1 Å². The van der Waals surface area contributed by atoms with Gasteiger partial charge in [0.2, 0.25) is 0 Å². The third-order valence-corrected chi connectivity index (χ3v) is 7.54. The highest BCUT2D eigenvalue weighted by atomic mass is 16.5. The molecule has 1 N–H and O–H groups in total. The summed E-state index contributed by atoms with van der Waals surface area (Å²) < 4.78 is 5.32. The zero-order valence-corrected chi connectivity index (χ0v) is 22.4. The van der Waals surface area contributed by atoms with Gasteiger partial charge in [-0.1, -0.05) is 74.5 Å². The number of hydrogen-bond acceptors (Lipinski definition) is 4. The minimum absolute atomic E-state index is 0.274. The van der Waals surface area contributed by atoms with Crippen molar-refractivity contribution in [1.82, 2.24) is 19.8 Å². The van der Waals surface area contributed by atoms with Crippen molar-refractivity contribution in [3.63, 3.8) is 0 Å². The molecule has 0 bridgehead atoms. The fourth-order valence-electron chi connectivity index (χ4n) is 5.72. The molecule has 3 aromatic carbocycles. The van der Waals surface area contributed by atoms with Gasteiger partial charge in [-0.05, 0) is 48.2 Å². The monoisotopic (exact) mass is 494 g/mol. The van der Waals surface area contributed by atoms with Crippen LogP contribution in [0.3, 0.4) is 0 Å². The van der Waals surface area contributed by atoms with Gasteiger partial charge in [-0.25, -0.2) is 4.98 Å². The van der Waals surface area contributed by atoms with E-state index < -0.39 is 0 Å². The number of nitrogens with one attached hydrogen (secondary N) is 1. The minimum atomic E-state index is 0.274. The van der Waals surface area contributed by atoms with E-state index in [4.69, 9.17) is 9.72 Å². The van der Waals surface area contributed by atoms with Crippen molar-refractivity contribution >= 4 is 0 Å². The molecule has 1 saturated heterocycles. The zero-order valence-electron chi connectivity index (χ0n) is 22.4. The normalized spacial score (nSPS) is 15.8. The van der Waals surface area contributed by atoms with Crippen LogP contribution in [0.1, 0.15) is 48.4 Å². The third kappa shape index (κ3) is 5.48. The van der Waals surface area contributed by atoms with Gasteiger partial charge in [0.05, 0.1) is 24.9 Å². The average molecular weight is 495 g/mol. The standard InChI is InChI=1S/C32H38N4O/c1-23(2)30(29-24(3)33-32(34-29)27-15-17-28(37-4)18-16-27)35-19-21-36(22-20-35)31(25-11-7-5-8-12-25)26-13-9-6-10-14-26/h5-18,23,30-31H,19-22H2,1-4H3,(H,33,34). The SMILES string of the molecule is COc1ccc(-c2nc(C(C(C)C)N3CCN(C(c4ccccc4)c4ccccc4)CC3)c(C)[nH]2)cc1. The van der Waals surface area contributed by atoms with E-state index in [0.29, 0.717) is 5.92 Å². The number of rotatable bonds is 8. The van der Waals surface area contributed by atoms with Crippen LogP contribution in [0.4, 0.5) is 0 Å². The molecule has 1 aliphatic heterocycles. The predicted molar refractivity (Wildman–Crippen MR) is 151 cm³/mol. The number of benzene rings is 3. The molecule has 1 aliphatic rings. The molecule has 0 radical (unpaired) electrons. The molecule has 0 amide bonds. The maximum Gasteiger partial charge on any atom is 0.137 e. The number of methoxy groups -OCH3 is 1. The number of H-pyrrole nitrogens is 1. The van der Waals surface area contributed by atoms with E-state index in [9.17, 15) is 0 Å². The van der Waals surface area contributed by atoms with Crippen LogP contribution >= 0.6 is 0 Å². The molecule has 2 heterocycles. The quantitative estimate of drug-likeness (QED) is 0.304. The van der Waals surface area contributed by atoms with Crippen LogP contribution in [0.15, 0.2) is 84.9 Å². The van der Waals surface area contributed by atoms with Crippen molar-refractivity contribution in [1.29, 1.82) is 0 Å². The Morgan fingerprint density at radius 1 is 0.757 bits per heavy atom. The van der Waals surface area contributed by atoms with Gasteiger partial charge in [-0.3, -0.25) is 9.80 Å². The van der Waals surface area contributed by atoms with Gasteiger partial charge in [0.15, 0.2) is 0 Å². The van der Waals surface area contributed by atoms with Gasteiger partial charge in [0.25, 0.3) is 0 Å². The number of imidazole rings is 1. The van der Waals surface area contributed by atoms with Crippen molar-refractivity contribution in [3.8, 4) is 17.1 Å². The zero-order chi connectivity index (χ0) is 25.8. The highest BCUT2D eigenvalue weighted by Crippen LogP contribution is 2.35. The van der Waals surface area contributed by atoms with Crippen LogP contribution < -0.4 is 4.74 Å². The van der Waals surface area contributed by atoms with Crippen molar-refractivity contribution in [2.75, 3.05) is 33.3 Å². The Morgan fingerprint density at radius 2 is 1.30 bits per heavy atom. The molecule has 5 nitrogen and oxygen atoms in total.